The molecule has 452 valence electrons. The van der Waals surface area contributed by atoms with E-state index in [0.717, 1.165) is 98.3 Å². The summed E-state index contributed by atoms with van der Waals surface area (Å²) in [6.07, 6.45) is 0.687. The van der Waals surface area contributed by atoms with E-state index in [-0.39, 0.29) is 27.1 Å². The lowest BCUT2D eigenvalue weighted by molar-refractivity contribution is -0.0499. The summed E-state index contributed by atoms with van der Waals surface area (Å²) in [6, 6.07) is 24.4. The minimum atomic E-state index is -6.56. The summed E-state index contributed by atoms with van der Waals surface area (Å²) >= 11 is 2.45. The van der Waals surface area contributed by atoms with Crippen LogP contribution in [-0.2, 0) is 39.7 Å². The molecule has 0 atom stereocenters. The van der Waals surface area contributed by atoms with Crippen LogP contribution in [-0.4, -0.2) is 142 Å². The second-order valence-electron chi connectivity index (χ2n) is 21.0. The number of fused-ring (bicyclic) bond motifs is 4. The third-order valence-corrected chi connectivity index (χ3v) is 19.4. The topological polar surface area (TPSA) is 183 Å². The van der Waals surface area contributed by atoms with E-state index in [9.17, 15) is 52.8 Å². The number of aryl methyl sites for hydroxylation is 1. The third-order valence-electron chi connectivity index (χ3n) is 15.6. The second kappa shape index (κ2) is 23.2. The van der Waals surface area contributed by atoms with Crippen LogP contribution in [0.5, 0.6) is 17.2 Å². The summed E-state index contributed by atoms with van der Waals surface area (Å²) in [5.41, 5.74) is -7.06. The van der Waals surface area contributed by atoms with Gasteiger partial charge >= 0.3 is 31.2 Å². The van der Waals surface area contributed by atoms with E-state index in [1.807, 2.05) is 40.8 Å². The number of thiophene rings is 2. The number of aromatic nitrogens is 4. The molecule has 0 radical (unpaired) electrons. The van der Waals surface area contributed by atoms with Crippen LogP contribution < -0.4 is 34.6 Å². The average molecular weight is 1260 g/mol. The van der Waals surface area contributed by atoms with Gasteiger partial charge in [0.1, 0.15) is 17.1 Å². The van der Waals surface area contributed by atoms with Gasteiger partial charge < -0.3 is 42.4 Å². The number of hydrogen-bond acceptors (Lipinski definition) is 17. The van der Waals surface area contributed by atoms with Gasteiger partial charge in [-0.15, -0.1) is 22.7 Å². The number of piperazine rings is 2. The van der Waals surface area contributed by atoms with E-state index in [2.05, 4.69) is 61.9 Å². The maximum absolute atomic E-state index is 14.4. The predicted octanol–water partition coefficient (Wildman–Crippen LogP) is 9.67. The van der Waals surface area contributed by atoms with Crippen LogP contribution in [0.25, 0.3) is 44.2 Å². The number of benzene rings is 4. The summed E-state index contributed by atoms with van der Waals surface area (Å²) in [7, 11) is -5.93. The van der Waals surface area contributed by atoms with Crippen LogP contribution in [0.4, 0.5) is 43.4 Å². The first-order valence-corrected chi connectivity index (χ1v) is 31.5. The molecule has 0 aliphatic carbocycles. The van der Waals surface area contributed by atoms with Crippen molar-refractivity contribution in [3.8, 4) is 28.6 Å². The van der Waals surface area contributed by atoms with Gasteiger partial charge in [0.05, 0.1) is 71.7 Å². The van der Waals surface area contributed by atoms with Crippen LogP contribution in [0.2, 0.25) is 0 Å². The molecular formula is C58H55F6N9O9S4. The molecule has 5 aromatic heterocycles. The fraction of sp³-hybridized carbons (Fsp3) is 0.310. The van der Waals surface area contributed by atoms with Crippen molar-refractivity contribution in [2.75, 3.05) is 90.5 Å². The molecule has 3 aliphatic heterocycles. The standard InChI is InChI=1S/C29H25F6N5O7S3.C29H30N4O2S/c1-37-9-11-38(12-10-37)18-5-8-21-22(13-18)40(49(42,43)28(30,31)32)26(36-21)24-25(47-50(44,45)29(33,34)35)20-15-48-16-23(20)39(27(24)41)14-17-3-6-19(46-2)7-4-17;1-19-24-17-36-18-27(24)33(16-20-4-8-23(35-3)9-5-20)29(34)28(19)26-14-21-6-7-22(15-25(21)30-26)32-12-10-31(2)11-13-32/h3-8,13,15-16H,9-12,14H2,1-2H3;4-9,15,17-18H,10-14,16H2,1-3H3. The van der Waals surface area contributed by atoms with E-state index in [0.29, 0.717) is 56.1 Å². The SMILES string of the molecule is COc1ccc(Cn2c(=O)c(-c3nc4ccc(N5CCN(C)CC5)cc4n3S(=O)(=O)C(F)(F)F)c(OS(=O)(=O)C(F)(F)F)c3cscc32)cc1.COc1ccc(Cn2c(=O)c(C3=Nc4cc(N5CCN(C)CC5)ccc4C3)c(C)c3cscc32)cc1. The second-order valence-corrected chi connectivity index (χ2v) is 25.8. The maximum Gasteiger partial charge on any atom is 0.534 e. The Hall–Kier alpha value is -7.76. The van der Waals surface area contributed by atoms with Gasteiger partial charge in [-0.25, -0.2) is 8.96 Å². The van der Waals surface area contributed by atoms with Gasteiger partial charge in [0.15, 0.2) is 11.6 Å². The van der Waals surface area contributed by atoms with E-state index in [4.69, 9.17) is 14.5 Å². The fourth-order valence-corrected chi connectivity index (χ4v) is 13.9. The van der Waals surface area contributed by atoms with Crippen LogP contribution in [0.1, 0.15) is 27.8 Å². The van der Waals surface area contributed by atoms with Gasteiger partial charge in [-0.05, 0) is 97.9 Å². The van der Waals surface area contributed by atoms with Gasteiger partial charge in [-0.1, -0.05) is 30.3 Å². The molecule has 12 rings (SSSR count). The Morgan fingerprint density at radius 2 is 1.09 bits per heavy atom. The lowest BCUT2D eigenvalue weighted by Crippen LogP contribution is -2.44. The zero-order chi connectivity index (χ0) is 61.2. The number of ether oxygens (including phenoxy) is 2. The van der Waals surface area contributed by atoms with Crippen LogP contribution in [0, 0.1) is 6.92 Å². The Kier molecular flexibility index (Phi) is 16.1. The first-order valence-electron chi connectivity index (χ1n) is 26.8. The van der Waals surface area contributed by atoms with Crippen LogP contribution >= 0.6 is 22.7 Å². The number of rotatable bonds is 13. The Labute approximate surface area is 497 Å². The molecule has 18 nitrogen and oxygen atoms in total. The molecule has 0 N–H and O–H groups in total. The highest BCUT2D eigenvalue weighted by atomic mass is 32.2. The zero-order valence-electron chi connectivity index (χ0n) is 46.8. The molecule has 0 unspecified atom stereocenters. The number of anilines is 2. The van der Waals surface area contributed by atoms with E-state index in [1.165, 1.54) is 60.1 Å². The molecule has 0 bridgehead atoms. The number of aliphatic imine (C=N–C) groups is 1. The van der Waals surface area contributed by atoms with Gasteiger partial charge in [-0.3, -0.25) is 14.6 Å². The zero-order valence-corrected chi connectivity index (χ0v) is 50.0. The minimum Gasteiger partial charge on any atom is -0.497 e. The summed E-state index contributed by atoms with van der Waals surface area (Å²) in [6.45, 7) is 8.42. The number of nitrogens with zero attached hydrogens (tertiary/aromatic N) is 9. The molecule has 0 amide bonds. The first-order chi connectivity index (χ1) is 40.8. The monoisotopic (exact) mass is 1260 g/mol. The largest absolute Gasteiger partial charge is 0.534 e. The molecule has 8 heterocycles. The Morgan fingerprint density at radius 3 is 1.62 bits per heavy atom. The van der Waals surface area contributed by atoms with Gasteiger partial charge in [-0.2, -0.15) is 43.2 Å². The fourth-order valence-electron chi connectivity index (χ4n) is 10.8. The van der Waals surface area contributed by atoms with E-state index in [1.54, 1.807) is 23.3 Å². The highest BCUT2D eigenvalue weighted by Gasteiger charge is 2.52. The van der Waals surface area contributed by atoms with Gasteiger partial charge in [0.25, 0.3) is 11.1 Å². The maximum atomic E-state index is 14.4. The van der Waals surface area contributed by atoms with Crippen LogP contribution in [0.3, 0.4) is 0 Å². The van der Waals surface area contributed by atoms with Crippen molar-refractivity contribution < 1.29 is 56.8 Å². The molecule has 86 heavy (non-hydrogen) atoms. The lowest BCUT2D eigenvalue weighted by Gasteiger charge is -2.34. The summed E-state index contributed by atoms with van der Waals surface area (Å²) in [4.78, 5) is 45.9. The number of pyridine rings is 2. The number of alkyl halides is 6. The van der Waals surface area contributed by atoms with Crippen LogP contribution in [0.15, 0.2) is 121 Å². The molecule has 2 saturated heterocycles. The number of halogens is 6. The van der Waals surface area contributed by atoms with Gasteiger partial charge in [0, 0.05) is 97.1 Å². The predicted molar refractivity (Wildman–Crippen MR) is 322 cm³/mol. The van der Waals surface area contributed by atoms with E-state index < -0.39 is 64.8 Å². The van der Waals surface area contributed by atoms with Crippen molar-refractivity contribution in [3.05, 3.63) is 155 Å². The number of hydrogen-bond donors (Lipinski definition) is 0. The van der Waals surface area contributed by atoms with Crippen molar-refractivity contribution in [2.45, 2.75) is 37.5 Å². The molecule has 0 spiro atoms. The highest BCUT2D eigenvalue weighted by molar-refractivity contribution is 7.91. The summed E-state index contributed by atoms with van der Waals surface area (Å²) < 4.78 is 153. The van der Waals surface area contributed by atoms with Crippen molar-refractivity contribution in [1.29, 1.82) is 0 Å². The van der Waals surface area contributed by atoms with Crippen molar-refractivity contribution in [2.24, 2.45) is 4.99 Å². The Bertz CT molecular complexity index is 4470. The smallest absolute Gasteiger partial charge is 0.497 e. The Morgan fingerprint density at radius 1 is 0.593 bits per heavy atom. The summed E-state index contributed by atoms with van der Waals surface area (Å²) in [5.74, 6) is -1.40. The molecule has 2 fully saturated rings. The quantitative estimate of drug-likeness (QED) is 0.0604. The molecule has 3 aliphatic rings. The third kappa shape index (κ3) is 11.3. The molecule has 9 aromatic rings. The van der Waals surface area contributed by atoms with Crippen molar-refractivity contribution in [1.82, 2.24) is 27.9 Å². The normalized spacial score (nSPS) is 15.5. The molecule has 0 saturated carbocycles. The van der Waals surface area contributed by atoms with E-state index >= 15 is 0 Å². The van der Waals surface area contributed by atoms with Crippen molar-refractivity contribution >= 4 is 98.4 Å². The minimum absolute atomic E-state index is 0.0278. The number of likely N-dealkylation sites (N-methyl/N-ethyl adjacent to an activating group) is 2. The number of methoxy groups -OCH3 is 2. The highest BCUT2D eigenvalue weighted by Crippen LogP contribution is 2.43. The Balaban J connectivity index is 0.000000188. The summed E-state index contributed by atoms with van der Waals surface area (Å²) in [5, 5.41) is 7.30. The number of imidazole rings is 1. The van der Waals surface area contributed by atoms with Crippen molar-refractivity contribution in [3.63, 3.8) is 0 Å². The molecule has 4 aromatic carbocycles. The molecule has 28 heteroatoms. The average Bonchev–Trinajstić information content (AvgIpc) is 1.63. The first kappa shape index (κ1) is 59.9. The lowest BCUT2D eigenvalue weighted by atomic mass is 9.99. The van der Waals surface area contributed by atoms with Gasteiger partial charge in [0.2, 0.25) is 0 Å². The molecular weight excluding hydrogens is 1210 g/mol.